The molecule has 84 valence electrons. The standard InChI is InChI=1S/C12H20N2O/c1-9-7-10(5-6-12(2,3)13)8-14-11(9)15-4/h7-8H,5-6,13H2,1-4H3. The molecule has 1 aromatic heterocycles. The molecule has 3 nitrogen and oxygen atoms in total. The van der Waals surface area contributed by atoms with E-state index in [0.29, 0.717) is 5.88 Å². The highest BCUT2D eigenvalue weighted by Gasteiger charge is 2.11. The third kappa shape index (κ3) is 3.88. The predicted molar refractivity (Wildman–Crippen MR) is 62.1 cm³/mol. The number of aromatic nitrogens is 1. The summed E-state index contributed by atoms with van der Waals surface area (Å²) in [4.78, 5) is 4.23. The van der Waals surface area contributed by atoms with E-state index in [4.69, 9.17) is 10.5 Å². The van der Waals surface area contributed by atoms with Gasteiger partial charge in [0.15, 0.2) is 0 Å². The van der Waals surface area contributed by atoms with Gasteiger partial charge in [0.1, 0.15) is 0 Å². The van der Waals surface area contributed by atoms with Crippen LogP contribution in [-0.4, -0.2) is 17.6 Å². The van der Waals surface area contributed by atoms with Crippen LogP contribution in [0.2, 0.25) is 0 Å². The highest BCUT2D eigenvalue weighted by Crippen LogP contribution is 2.17. The maximum atomic E-state index is 5.93. The summed E-state index contributed by atoms with van der Waals surface area (Å²) in [6.45, 7) is 6.08. The van der Waals surface area contributed by atoms with E-state index in [2.05, 4.69) is 11.1 Å². The molecule has 1 aromatic rings. The largest absolute Gasteiger partial charge is 0.481 e. The first kappa shape index (κ1) is 12.0. The third-order valence-corrected chi connectivity index (χ3v) is 2.34. The lowest BCUT2D eigenvalue weighted by Gasteiger charge is -2.18. The first-order valence-electron chi connectivity index (χ1n) is 5.21. The molecule has 0 unspecified atom stereocenters. The van der Waals surface area contributed by atoms with Crippen molar-refractivity contribution in [2.45, 2.75) is 39.2 Å². The van der Waals surface area contributed by atoms with Crippen molar-refractivity contribution in [3.8, 4) is 5.88 Å². The van der Waals surface area contributed by atoms with Crippen molar-refractivity contribution >= 4 is 0 Å². The van der Waals surface area contributed by atoms with Crippen LogP contribution in [0.1, 0.15) is 31.4 Å². The fourth-order valence-electron chi connectivity index (χ4n) is 1.44. The van der Waals surface area contributed by atoms with E-state index < -0.39 is 0 Å². The van der Waals surface area contributed by atoms with Gasteiger partial charge in [-0.1, -0.05) is 0 Å². The highest BCUT2D eigenvalue weighted by molar-refractivity contribution is 5.28. The molecule has 0 amide bonds. The molecule has 0 fully saturated rings. The maximum Gasteiger partial charge on any atom is 0.215 e. The SMILES string of the molecule is COc1ncc(CCC(C)(C)N)cc1C. The Labute approximate surface area is 91.7 Å². The molecule has 0 aromatic carbocycles. The highest BCUT2D eigenvalue weighted by atomic mass is 16.5. The zero-order valence-corrected chi connectivity index (χ0v) is 10.0. The van der Waals surface area contributed by atoms with Crippen molar-refractivity contribution in [2.24, 2.45) is 5.73 Å². The van der Waals surface area contributed by atoms with Crippen molar-refractivity contribution in [2.75, 3.05) is 7.11 Å². The third-order valence-electron chi connectivity index (χ3n) is 2.34. The monoisotopic (exact) mass is 208 g/mol. The number of methoxy groups -OCH3 is 1. The van der Waals surface area contributed by atoms with E-state index >= 15 is 0 Å². The van der Waals surface area contributed by atoms with Crippen LogP contribution in [0.5, 0.6) is 5.88 Å². The van der Waals surface area contributed by atoms with Gasteiger partial charge >= 0.3 is 0 Å². The number of nitrogens with zero attached hydrogens (tertiary/aromatic N) is 1. The first-order chi connectivity index (χ1) is 6.92. The van der Waals surface area contributed by atoms with Gasteiger partial charge in [-0.3, -0.25) is 0 Å². The Hall–Kier alpha value is -1.09. The number of hydrogen-bond donors (Lipinski definition) is 1. The van der Waals surface area contributed by atoms with E-state index in [9.17, 15) is 0 Å². The molecule has 0 saturated heterocycles. The Morgan fingerprint density at radius 3 is 2.60 bits per heavy atom. The fourth-order valence-corrected chi connectivity index (χ4v) is 1.44. The number of ether oxygens (including phenoxy) is 1. The van der Waals surface area contributed by atoms with Crippen molar-refractivity contribution in [1.82, 2.24) is 4.98 Å². The van der Waals surface area contributed by atoms with Crippen molar-refractivity contribution in [3.05, 3.63) is 23.4 Å². The molecule has 0 spiro atoms. The van der Waals surface area contributed by atoms with E-state index in [-0.39, 0.29) is 5.54 Å². The molecule has 0 aliphatic carbocycles. The van der Waals surface area contributed by atoms with Gasteiger partial charge in [0.05, 0.1) is 7.11 Å². The minimum atomic E-state index is -0.117. The van der Waals surface area contributed by atoms with Gasteiger partial charge < -0.3 is 10.5 Å². The second-order valence-electron chi connectivity index (χ2n) is 4.66. The summed E-state index contributed by atoms with van der Waals surface area (Å²) in [7, 11) is 1.64. The molecular formula is C12H20N2O. The summed E-state index contributed by atoms with van der Waals surface area (Å²) in [5, 5.41) is 0. The first-order valence-corrected chi connectivity index (χ1v) is 5.21. The second kappa shape index (κ2) is 4.62. The summed E-state index contributed by atoms with van der Waals surface area (Å²) < 4.78 is 5.11. The Morgan fingerprint density at radius 2 is 2.13 bits per heavy atom. The molecule has 1 heterocycles. The number of pyridine rings is 1. The molecule has 0 radical (unpaired) electrons. The van der Waals surface area contributed by atoms with Crippen LogP contribution in [0, 0.1) is 6.92 Å². The van der Waals surface area contributed by atoms with Crippen LogP contribution < -0.4 is 10.5 Å². The van der Waals surface area contributed by atoms with Crippen LogP contribution in [0.25, 0.3) is 0 Å². The smallest absolute Gasteiger partial charge is 0.215 e. The molecular weight excluding hydrogens is 188 g/mol. The molecule has 2 N–H and O–H groups in total. The van der Waals surface area contributed by atoms with Crippen LogP contribution in [0.3, 0.4) is 0 Å². The molecule has 0 bridgehead atoms. The lowest BCUT2D eigenvalue weighted by molar-refractivity contribution is 0.394. The van der Waals surface area contributed by atoms with Gasteiger partial charge in [0, 0.05) is 17.3 Å². The normalized spacial score (nSPS) is 11.5. The number of nitrogens with two attached hydrogens (primary N) is 1. The minimum absolute atomic E-state index is 0.117. The average Bonchev–Trinajstić information content (AvgIpc) is 2.14. The van der Waals surface area contributed by atoms with Gasteiger partial charge in [-0.05, 0) is 45.2 Å². The lowest BCUT2D eigenvalue weighted by Crippen LogP contribution is -2.32. The van der Waals surface area contributed by atoms with E-state index in [1.54, 1.807) is 7.11 Å². The van der Waals surface area contributed by atoms with E-state index in [0.717, 1.165) is 18.4 Å². The van der Waals surface area contributed by atoms with Crippen LogP contribution in [0.4, 0.5) is 0 Å². The van der Waals surface area contributed by atoms with Gasteiger partial charge in [-0.15, -0.1) is 0 Å². The van der Waals surface area contributed by atoms with Crippen LogP contribution in [-0.2, 0) is 6.42 Å². The summed E-state index contributed by atoms with van der Waals surface area (Å²) in [5.74, 6) is 0.700. The van der Waals surface area contributed by atoms with E-state index in [1.165, 1.54) is 5.56 Å². The zero-order valence-electron chi connectivity index (χ0n) is 10.0. The van der Waals surface area contributed by atoms with Gasteiger partial charge in [-0.2, -0.15) is 0 Å². The molecule has 3 heteroatoms. The maximum absolute atomic E-state index is 5.93. The molecule has 1 rings (SSSR count). The Bertz CT molecular complexity index is 329. The fraction of sp³-hybridized carbons (Fsp3) is 0.583. The Kier molecular flexibility index (Phi) is 3.69. The van der Waals surface area contributed by atoms with Crippen LogP contribution >= 0.6 is 0 Å². The van der Waals surface area contributed by atoms with Crippen molar-refractivity contribution < 1.29 is 4.74 Å². The quantitative estimate of drug-likeness (QED) is 0.824. The second-order valence-corrected chi connectivity index (χ2v) is 4.66. The number of rotatable bonds is 4. The Morgan fingerprint density at radius 1 is 1.47 bits per heavy atom. The predicted octanol–water partition coefficient (Wildman–Crippen LogP) is 2.07. The molecule has 0 aliphatic rings. The Balaban J connectivity index is 2.68. The summed E-state index contributed by atoms with van der Waals surface area (Å²) >= 11 is 0. The lowest BCUT2D eigenvalue weighted by atomic mass is 9.97. The molecule has 0 saturated carbocycles. The van der Waals surface area contributed by atoms with Gasteiger partial charge in [0.2, 0.25) is 5.88 Å². The summed E-state index contributed by atoms with van der Waals surface area (Å²) in [6.07, 6.45) is 3.78. The summed E-state index contributed by atoms with van der Waals surface area (Å²) in [5.41, 5.74) is 8.10. The topological polar surface area (TPSA) is 48.1 Å². The minimum Gasteiger partial charge on any atom is -0.481 e. The van der Waals surface area contributed by atoms with Crippen molar-refractivity contribution in [1.29, 1.82) is 0 Å². The zero-order chi connectivity index (χ0) is 11.5. The van der Waals surface area contributed by atoms with Gasteiger partial charge in [-0.25, -0.2) is 4.98 Å². The van der Waals surface area contributed by atoms with Crippen molar-refractivity contribution in [3.63, 3.8) is 0 Å². The molecule has 0 atom stereocenters. The molecule has 15 heavy (non-hydrogen) atoms. The number of hydrogen-bond acceptors (Lipinski definition) is 3. The molecule has 0 aliphatic heterocycles. The van der Waals surface area contributed by atoms with Crippen LogP contribution in [0.15, 0.2) is 12.3 Å². The van der Waals surface area contributed by atoms with Gasteiger partial charge in [0.25, 0.3) is 0 Å². The van der Waals surface area contributed by atoms with E-state index in [1.807, 2.05) is 27.0 Å². The number of aryl methyl sites for hydroxylation is 2. The average molecular weight is 208 g/mol. The summed E-state index contributed by atoms with van der Waals surface area (Å²) in [6, 6.07) is 2.11.